The first-order valence-electron chi connectivity index (χ1n) is 4.02. The molecule has 0 aliphatic carbocycles. The average molecular weight is 156 g/mol. The van der Waals surface area contributed by atoms with E-state index < -0.39 is 0 Å². The van der Waals surface area contributed by atoms with Gasteiger partial charge in [-0.2, -0.15) is 0 Å². The summed E-state index contributed by atoms with van der Waals surface area (Å²) >= 11 is 0. The van der Waals surface area contributed by atoms with Gasteiger partial charge in [0, 0.05) is 24.5 Å². The van der Waals surface area contributed by atoms with Crippen LogP contribution in [0.3, 0.4) is 0 Å². The minimum Gasteiger partial charge on any atom is -0.354 e. The molecule has 0 saturated carbocycles. The lowest BCUT2D eigenvalue weighted by molar-refractivity contribution is -0.119. The predicted molar refractivity (Wildman–Crippen MR) is 44.3 cm³/mol. The van der Waals surface area contributed by atoms with E-state index >= 15 is 0 Å². The molecule has 0 aromatic rings. The molecule has 1 saturated heterocycles. The second-order valence-corrected chi connectivity index (χ2v) is 4.10. The Morgan fingerprint density at radius 2 is 2.18 bits per heavy atom. The maximum atomic E-state index is 10.8. The third kappa shape index (κ3) is 2.89. The molecule has 0 aromatic carbocycles. The van der Waals surface area contributed by atoms with E-state index in [4.69, 9.17) is 0 Å². The highest BCUT2D eigenvalue weighted by Crippen LogP contribution is 2.06. The van der Waals surface area contributed by atoms with Gasteiger partial charge in [0.1, 0.15) is 0 Å². The zero-order valence-corrected chi connectivity index (χ0v) is 7.40. The van der Waals surface area contributed by atoms with Crippen molar-refractivity contribution in [3.63, 3.8) is 0 Å². The third-order valence-corrected chi connectivity index (χ3v) is 1.61. The minimum absolute atomic E-state index is 0.108. The fraction of sp³-hybridized carbons (Fsp3) is 0.875. The molecule has 3 heteroatoms. The number of rotatable bonds is 1. The molecule has 3 nitrogen and oxygen atoms in total. The van der Waals surface area contributed by atoms with Crippen LogP contribution in [-0.4, -0.2) is 24.0 Å². The van der Waals surface area contributed by atoms with Crippen molar-refractivity contribution in [2.75, 3.05) is 6.54 Å². The average Bonchev–Trinajstić information content (AvgIpc) is 2.10. The molecule has 0 spiro atoms. The lowest BCUT2D eigenvalue weighted by atomic mass is 10.1. The fourth-order valence-corrected chi connectivity index (χ4v) is 1.32. The molecular weight excluding hydrogens is 140 g/mol. The van der Waals surface area contributed by atoms with Crippen LogP contribution in [0.1, 0.15) is 27.2 Å². The van der Waals surface area contributed by atoms with E-state index in [2.05, 4.69) is 31.4 Å². The molecule has 1 atom stereocenters. The topological polar surface area (TPSA) is 41.1 Å². The quantitative estimate of drug-likeness (QED) is 0.572. The number of hydrogen-bond donors (Lipinski definition) is 2. The van der Waals surface area contributed by atoms with Crippen LogP contribution in [0.15, 0.2) is 0 Å². The third-order valence-electron chi connectivity index (χ3n) is 1.61. The number of amides is 1. The van der Waals surface area contributed by atoms with Crippen LogP contribution in [0.5, 0.6) is 0 Å². The van der Waals surface area contributed by atoms with Gasteiger partial charge in [0.05, 0.1) is 0 Å². The number of nitrogens with one attached hydrogen (secondary N) is 2. The Morgan fingerprint density at radius 1 is 1.55 bits per heavy atom. The first-order valence-corrected chi connectivity index (χ1v) is 4.02. The summed E-state index contributed by atoms with van der Waals surface area (Å²) in [6.07, 6.45) is 0.622. The van der Waals surface area contributed by atoms with Gasteiger partial charge in [-0.1, -0.05) is 0 Å². The van der Waals surface area contributed by atoms with E-state index in [1.165, 1.54) is 0 Å². The normalized spacial score (nSPS) is 25.4. The highest BCUT2D eigenvalue weighted by atomic mass is 16.1. The molecule has 1 aliphatic rings. The highest BCUT2D eigenvalue weighted by molar-refractivity contribution is 5.78. The second-order valence-electron chi connectivity index (χ2n) is 4.10. The SMILES string of the molecule is CC(C)(C)NC1CNC(=O)C1. The van der Waals surface area contributed by atoms with E-state index in [0.717, 1.165) is 6.54 Å². The van der Waals surface area contributed by atoms with Crippen LogP contribution < -0.4 is 10.6 Å². The Kier molecular flexibility index (Phi) is 2.18. The van der Waals surface area contributed by atoms with Gasteiger partial charge >= 0.3 is 0 Å². The van der Waals surface area contributed by atoms with Gasteiger partial charge in [0.15, 0.2) is 0 Å². The summed E-state index contributed by atoms with van der Waals surface area (Å²) in [5, 5.41) is 6.16. The Bertz CT molecular complexity index is 160. The van der Waals surface area contributed by atoms with Crippen molar-refractivity contribution < 1.29 is 4.79 Å². The zero-order valence-electron chi connectivity index (χ0n) is 7.40. The van der Waals surface area contributed by atoms with Crippen LogP contribution >= 0.6 is 0 Å². The van der Waals surface area contributed by atoms with Gasteiger partial charge in [-0.15, -0.1) is 0 Å². The first-order chi connectivity index (χ1) is 4.97. The van der Waals surface area contributed by atoms with Crippen molar-refractivity contribution in [2.45, 2.75) is 38.8 Å². The van der Waals surface area contributed by atoms with Crippen LogP contribution in [0, 0.1) is 0 Å². The van der Waals surface area contributed by atoms with Gasteiger partial charge in [-0.25, -0.2) is 0 Å². The molecular formula is C8H16N2O. The standard InChI is InChI=1S/C8H16N2O/c1-8(2,3)10-6-4-7(11)9-5-6/h6,10H,4-5H2,1-3H3,(H,9,11). The Balaban J connectivity index is 2.34. The smallest absolute Gasteiger partial charge is 0.221 e. The summed E-state index contributed by atoms with van der Waals surface area (Å²) < 4.78 is 0. The summed E-state index contributed by atoms with van der Waals surface area (Å²) in [6.45, 7) is 7.09. The van der Waals surface area contributed by atoms with Gasteiger partial charge in [-0.05, 0) is 20.8 Å². The first kappa shape index (κ1) is 8.53. The Labute approximate surface area is 67.5 Å². The number of carbonyl (C=O) groups excluding carboxylic acids is 1. The van der Waals surface area contributed by atoms with Crippen molar-refractivity contribution in [1.29, 1.82) is 0 Å². The predicted octanol–water partition coefficient (Wildman–Crippen LogP) is 0.263. The molecule has 2 N–H and O–H groups in total. The monoisotopic (exact) mass is 156 g/mol. The molecule has 1 fully saturated rings. The van der Waals surface area contributed by atoms with Gasteiger partial charge < -0.3 is 10.6 Å². The molecule has 1 rings (SSSR count). The largest absolute Gasteiger partial charge is 0.354 e. The molecule has 0 radical (unpaired) electrons. The maximum Gasteiger partial charge on any atom is 0.221 e. The zero-order chi connectivity index (χ0) is 8.48. The van der Waals surface area contributed by atoms with Crippen molar-refractivity contribution >= 4 is 5.91 Å². The van der Waals surface area contributed by atoms with E-state index in [-0.39, 0.29) is 11.4 Å². The van der Waals surface area contributed by atoms with E-state index in [0.29, 0.717) is 12.5 Å². The van der Waals surface area contributed by atoms with Crippen molar-refractivity contribution in [2.24, 2.45) is 0 Å². The van der Waals surface area contributed by atoms with Crippen LogP contribution in [0.25, 0.3) is 0 Å². The van der Waals surface area contributed by atoms with Gasteiger partial charge in [-0.3, -0.25) is 4.79 Å². The molecule has 1 unspecified atom stereocenters. The molecule has 64 valence electrons. The summed E-state index contributed by atoms with van der Waals surface area (Å²) in [4.78, 5) is 10.8. The maximum absolute atomic E-state index is 10.8. The highest BCUT2D eigenvalue weighted by Gasteiger charge is 2.24. The molecule has 1 amide bonds. The molecule has 1 aliphatic heterocycles. The van der Waals surface area contributed by atoms with Crippen molar-refractivity contribution in [3.8, 4) is 0 Å². The summed E-state index contributed by atoms with van der Waals surface area (Å²) in [7, 11) is 0. The Hall–Kier alpha value is -0.570. The van der Waals surface area contributed by atoms with Gasteiger partial charge in [0.25, 0.3) is 0 Å². The van der Waals surface area contributed by atoms with E-state index in [9.17, 15) is 4.79 Å². The van der Waals surface area contributed by atoms with Crippen LogP contribution in [-0.2, 0) is 4.79 Å². The Morgan fingerprint density at radius 3 is 2.55 bits per heavy atom. The molecule has 1 heterocycles. The van der Waals surface area contributed by atoms with Crippen molar-refractivity contribution in [3.05, 3.63) is 0 Å². The van der Waals surface area contributed by atoms with E-state index in [1.807, 2.05) is 0 Å². The van der Waals surface area contributed by atoms with Crippen LogP contribution in [0.4, 0.5) is 0 Å². The minimum atomic E-state index is 0.108. The summed E-state index contributed by atoms with van der Waals surface area (Å²) in [5.41, 5.74) is 0.108. The number of carbonyl (C=O) groups is 1. The van der Waals surface area contributed by atoms with E-state index in [1.54, 1.807) is 0 Å². The van der Waals surface area contributed by atoms with Gasteiger partial charge in [0.2, 0.25) is 5.91 Å². The second kappa shape index (κ2) is 2.81. The van der Waals surface area contributed by atoms with Crippen molar-refractivity contribution in [1.82, 2.24) is 10.6 Å². The number of hydrogen-bond acceptors (Lipinski definition) is 2. The molecule has 0 aromatic heterocycles. The summed E-state index contributed by atoms with van der Waals surface area (Å²) in [6, 6.07) is 0.322. The lowest BCUT2D eigenvalue weighted by Gasteiger charge is -2.24. The van der Waals surface area contributed by atoms with Crippen LogP contribution in [0.2, 0.25) is 0 Å². The fourth-order valence-electron chi connectivity index (χ4n) is 1.32. The lowest BCUT2D eigenvalue weighted by Crippen LogP contribution is -2.44. The molecule has 11 heavy (non-hydrogen) atoms. The summed E-state index contributed by atoms with van der Waals surface area (Å²) in [5.74, 6) is 0.159. The molecule has 0 bridgehead atoms.